The average molecular weight is 237 g/mol. The van der Waals surface area contributed by atoms with Crippen molar-refractivity contribution in [3.63, 3.8) is 0 Å². The van der Waals surface area contributed by atoms with Crippen molar-refractivity contribution in [2.24, 2.45) is 5.73 Å². The second-order valence-corrected chi connectivity index (χ2v) is 3.47. The van der Waals surface area contributed by atoms with Gasteiger partial charge in [-0.15, -0.1) is 0 Å². The number of primary amides is 1. The van der Waals surface area contributed by atoms with E-state index in [1.165, 1.54) is 0 Å². The number of hydrogen-bond donors (Lipinski definition) is 5. The maximum Gasteiger partial charge on any atom is 0.243 e. The number of aliphatic hydroxyl groups is 4. The minimum absolute atomic E-state index is 0.497. The zero-order chi connectivity index (χ0) is 12.3. The summed E-state index contributed by atoms with van der Waals surface area (Å²) in [6, 6.07) is 0. The molecule has 0 spiro atoms. The van der Waals surface area contributed by atoms with Crippen LogP contribution in [-0.4, -0.2) is 70.3 Å². The summed E-state index contributed by atoms with van der Waals surface area (Å²) < 4.78 is 9.72. The lowest BCUT2D eigenvalue weighted by Crippen LogP contribution is -2.59. The Labute approximate surface area is 91.2 Å². The summed E-state index contributed by atoms with van der Waals surface area (Å²) in [6.07, 6.45) is -6.87. The molecule has 1 heterocycles. The highest BCUT2D eigenvalue weighted by molar-refractivity contribution is 5.74. The van der Waals surface area contributed by atoms with Crippen LogP contribution in [0.3, 0.4) is 0 Å². The number of carbonyl (C=O) groups excluding carboxylic acids is 1. The van der Waals surface area contributed by atoms with Crippen molar-refractivity contribution in [1.29, 1.82) is 0 Å². The van der Waals surface area contributed by atoms with Gasteiger partial charge in [-0.2, -0.15) is 0 Å². The lowest BCUT2D eigenvalue weighted by Gasteiger charge is -2.39. The molecule has 0 radical (unpaired) electrons. The first-order valence-corrected chi connectivity index (χ1v) is 4.67. The molecule has 16 heavy (non-hydrogen) atoms. The van der Waals surface area contributed by atoms with E-state index in [2.05, 4.69) is 0 Å². The topological polar surface area (TPSA) is 142 Å². The smallest absolute Gasteiger partial charge is 0.243 e. The molecule has 0 saturated carbocycles. The van der Waals surface area contributed by atoms with E-state index in [4.69, 9.17) is 20.3 Å². The fourth-order valence-corrected chi connectivity index (χ4v) is 1.37. The molecule has 8 heteroatoms. The van der Waals surface area contributed by atoms with Crippen LogP contribution >= 0.6 is 0 Å². The Morgan fingerprint density at radius 3 is 2.38 bits per heavy atom. The summed E-state index contributed by atoms with van der Waals surface area (Å²) in [5, 5.41) is 37.0. The second kappa shape index (κ2) is 5.53. The van der Waals surface area contributed by atoms with Gasteiger partial charge in [-0.1, -0.05) is 0 Å². The van der Waals surface area contributed by atoms with Crippen LogP contribution in [0.4, 0.5) is 0 Å². The molecule has 94 valence electrons. The first-order chi connectivity index (χ1) is 7.47. The first kappa shape index (κ1) is 13.3. The van der Waals surface area contributed by atoms with Crippen LogP contribution in [0.2, 0.25) is 0 Å². The van der Waals surface area contributed by atoms with E-state index in [1.54, 1.807) is 0 Å². The molecule has 0 aromatic heterocycles. The molecule has 0 unspecified atom stereocenters. The molecule has 1 aliphatic heterocycles. The van der Waals surface area contributed by atoms with Crippen molar-refractivity contribution in [2.75, 3.05) is 13.2 Å². The monoisotopic (exact) mass is 237 g/mol. The first-order valence-electron chi connectivity index (χ1n) is 4.67. The Bertz CT molecular complexity index is 247. The number of hydrogen-bond acceptors (Lipinski definition) is 7. The Balaban J connectivity index is 2.60. The van der Waals surface area contributed by atoms with E-state index in [1.807, 2.05) is 0 Å². The van der Waals surface area contributed by atoms with Gasteiger partial charge >= 0.3 is 0 Å². The molecule has 8 nitrogen and oxygen atoms in total. The molecule has 1 aliphatic rings. The van der Waals surface area contributed by atoms with Crippen LogP contribution in [0.25, 0.3) is 0 Å². The van der Waals surface area contributed by atoms with Gasteiger partial charge in [-0.3, -0.25) is 4.79 Å². The van der Waals surface area contributed by atoms with Gasteiger partial charge in [0.1, 0.15) is 31.0 Å². The quantitative estimate of drug-likeness (QED) is 0.338. The highest BCUT2D eigenvalue weighted by Crippen LogP contribution is 2.21. The standard InChI is InChI=1S/C8H15NO7/c9-4(11)2-15-8-7(14)6(13)5(12)3(1-10)16-8/h3,5-8,10,12-14H,1-2H2,(H2,9,11)/t3-,5+,6+,7+,8-/m1/s1. The third-order valence-corrected chi connectivity index (χ3v) is 2.24. The SMILES string of the molecule is NC(=O)CO[C@@H]1O[C@H](CO)[C@H](O)[C@H](O)[C@@H]1O. The lowest BCUT2D eigenvalue weighted by molar-refractivity contribution is -0.299. The van der Waals surface area contributed by atoms with E-state index in [9.17, 15) is 20.1 Å². The van der Waals surface area contributed by atoms with Crippen molar-refractivity contribution in [3.05, 3.63) is 0 Å². The number of aliphatic hydroxyl groups excluding tert-OH is 4. The average Bonchev–Trinajstić information content (AvgIpc) is 2.25. The number of rotatable bonds is 4. The predicted molar refractivity (Wildman–Crippen MR) is 48.9 cm³/mol. The van der Waals surface area contributed by atoms with Crippen molar-refractivity contribution in [3.8, 4) is 0 Å². The van der Waals surface area contributed by atoms with Crippen molar-refractivity contribution in [2.45, 2.75) is 30.7 Å². The number of carbonyl (C=O) groups is 1. The van der Waals surface area contributed by atoms with Crippen molar-refractivity contribution >= 4 is 5.91 Å². The Morgan fingerprint density at radius 2 is 1.88 bits per heavy atom. The van der Waals surface area contributed by atoms with Crippen LogP contribution in [0.5, 0.6) is 0 Å². The molecule has 5 atom stereocenters. The largest absolute Gasteiger partial charge is 0.394 e. The van der Waals surface area contributed by atoms with Gasteiger partial charge in [0.25, 0.3) is 0 Å². The summed E-state index contributed by atoms with van der Waals surface area (Å²) >= 11 is 0. The second-order valence-electron chi connectivity index (χ2n) is 3.47. The third kappa shape index (κ3) is 2.88. The minimum atomic E-state index is -1.52. The number of ether oxygens (including phenoxy) is 2. The summed E-state index contributed by atoms with van der Waals surface area (Å²) in [6.45, 7) is -1.05. The highest BCUT2D eigenvalue weighted by atomic mass is 16.7. The van der Waals surface area contributed by atoms with Crippen molar-refractivity contribution in [1.82, 2.24) is 0 Å². The molecule has 1 saturated heterocycles. The van der Waals surface area contributed by atoms with E-state index in [-0.39, 0.29) is 0 Å². The van der Waals surface area contributed by atoms with Crippen LogP contribution in [0.1, 0.15) is 0 Å². The molecule has 1 amide bonds. The molecule has 6 N–H and O–H groups in total. The zero-order valence-corrected chi connectivity index (χ0v) is 8.39. The van der Waals surface area contributed by atoms with E-state index in [0.29, 0.717) is 0 Å². The van der Waals surface area contributed by atoms with Crippen LogP contribution in [-0.2, 0) is 14.3 Å². The fraction of sp³-hybridized carbons (Fsp3) is 0.875. The van der Waals surface area contributed by atoms with Crippen LogP contribution < -0.4 is 5.73 Å². The van der Waals surface area contributed by atoms with E-state index < -0.39 is 49.8 Å². The van der Waals surface area contributed by atoms with Gasteiger partial charge in [-0.05, 0) is 0 Å². The number of amides is 1. The molecule has 0 aromatic carbocycles. The molecule has 1 rings (SSSR count). The lowest BCUT2D eigenvalue weighted by atomic mass is 9.99. The van der Waals surface area contributed by atoms with Gasteiger partial charge < -0.3 is 35.6 Å². The number of nitrogens with two attached hydrogens (primary N) is 1. The van der Waals surface area contributed by atoms with E-state index in [0.717, 1.165) is 0 Å². The van der Waals surface area contributed by atoms with Gasteiger partial charge in [0.05, 0.1) is 6.61 Å². The minimum Gasteiger partial charge on any atom is -0.394 e. The third-order valence-electron chi connectivity index (χ3n) is 2.24. The maximum atomic E-state index is 10.4. The molecular formula is C8H15NO7. The summed E-state index contributed by atoms with van der Waals surface area (Å²) in [5.41, 5.74) is 4.82. The highest BCUT2D eigenvalue weighted by Gasteiger charge is 2.44. The molecule has 0 aromatic rings. The molecular weight excluding hydrogens is 222 g/mol. The molecule has 1 fully saturated rings. The fourth-order valence-electron chi connectivity index (χ4n) is 1.37. The molecule has 0 bridgehead atoms. The summed E-state index contributed by atoms with van der Waals surface area (Å²) in [4.78, 5) is 10.4. The maximum absolute atomic E-state index is 10.4. The normalized spacial score (nSPS) is 39.6. The zero-order valence-electron chi connectivity index (χ0n) is 8.39. The summed E-state index contributed by atoms with van der Waals surface area (Å²) in [7, 11) is 0. The Kier molecular flexibility index (Phi) is 4.59. The predicted octanol–water partition coefficient (Wildman–Crippen LogP) is -3.71. The van der Waals surface area contributed by atoms with Gasteiger partial charge in [0, 0.05) is 0 Å². The van der Waals surface area contributed by atoms with Crippen LogP contribution in [0.15, 0.2) is 0 Å². The Hall–Kier alpha value is -0.770. The van der Waals surface area contributed by atoms with Crippen LogP contribution in [0, 0.1) is 0 Å². The Morgan fingerprint density at radius 1 is 1.25 bits per heavy atom. The van der Waals surface area contributed by atoms with Gasteiger partial charge in [0.15, 0.2) is 6.29 Å². The van der Waals surface area contributed by atoms with Gasteiger partial charge in [-0.25, -0.2) is 0 Å². The van der Waals surface area contributed by atoms with Crippen molar-refractivity contribution < 1.29 is 34.7 Å². The van der Waals surface area contributed by atoms with E-state index >= 15 is 0 Å². The summed E-state index contributed by atoms with van der Waals surface area (Å²) in [5.74, 6) is -0.767. The molecule has 0 aliphatic carbocycles. The van der Waals surface area contributed by atoms with Gasteiger partial charge in [0.2, 0.25) is 5.91 Å².